The van der Waals surface area contributed by atoms with Crippen LogP contribution in [0.1, 0.15) is 32.0 Å². The first-order chi connectivity index (χ1) is 14.8. The predicted octanol–water partition coefficient (Wildman–Crippen LogP) is 4.04. The lowest BCUT2D eigenvalue weighted by Gasteiger charge is -2.09. The number of benzene rings is 2. The predicted molar refractivity (Wildman–Crippen MR) is 106 cm³/mol. The van der Waals surface area contributed by atoms with Gasteiger partial charge in [0.15, 0.2) is 5.76 Å². The van der Waals surface area contributed by atoms with E-state index in [1.807, 2.05) is 18.2 Å². The van der Waals surface area contributed by atoms with Crippen molar-refractivity contribution in [3.63, 3.8) is 0 Å². The highest BCUT2D eigenvalue weighted by molar-refractivity contribution is 5.94. The van der Waals surface area contributed by atoms with Crippen molar-refractivity contribution < 1.29 is 31.9 Å². The Balaban J connectivity index is 1.44. The summed E-state index contributed by atoms with van der Waals surface area (Å²) in [5.74, 6) is -0.260. The number of rotatable bonds is 8. The highest BCUT2D eigenvalue weighted by Gasteiger charge is 2.30. The molecule has 6 nitrogen and oxygen atoms in total. The minimum atomic E-state index is -4.46. The Labute approximate surface area is 176 Å². The van der Waals surface area contributed by atoms with Crippen LogP contribution in [-0.2, 0) is 12.8 Å². The van der Waals surface area contributed by atoms with Crippen molar-refractivity contribution in [2.24, 2.45) is 0 Å². The molecule has 162 valence electrons. The number of para-hydroxylation sites is 1. The minimum absolute atomic E-state index is 0.0855. The molecule has 0 saturated carbocycles. The smallest absolute Gasteiger partial charge is 0.416 e. The van der Waals surface area contributed by atoms with Gasteiger partial charge < -0.3 is 19.8 Å². The van der Waals surface area contributed by atoms with E-state index in [-0.39, 0.29) is 31.0 Å². The number of hydrogen-bond acceptors (Lipinski definition) is 4. The van der Waals surface area contributed by atoms with Crippen molar-refractivity contribution >= 4 is 11.8 Å². The topological polar surface area (TPSA) is 80.6 Å². The molecule has 0 spiro atoms. The van der Waals surface area contributed by atoms with E-state index in [9.17, 15) is 22.8 Å². The van der Waals surface area contributed by atoms with Gasteiger partial charge in [-0.25, -0.2) is 0 Å². The first kappa shape index (κ1) is 21.9. The average molecular weight is 432 g/mol. The van der Waals surface area contributed by atoms with Gasteiger partial charge in [-0.1, -0.05) is 18.2 Å². The maximum Gasteiger partial charge on any atom is 0.416 e. The molecule has 3 aromatic rings. The summed E-state index contributed by atoms with van der Waals surface area (Å²) >= 11 is 0. The highest BCUT2D eigenvalue weighted by atomic mass is 19.4. The van der Waals surface area contributed by atoms with Crippen molar-refractivity contribution in [1.82, 2.24) is 10.6 Å². The van der Waals surface area contributed by atoms with Crippen LogP contribution in [0, 0.1) is 0 Å². The van der Waals surface area contributed by atoms with E-state index in [2.05, 4.69) is 10.6 Å². The first-order valence-corrected chi connectivity index (χ1v) is 9.32. The maximum atomic E-state index is 12.6. The van der Waals surface area contributed by atoms with Gasteiger partial charge in [-0.15, -0.1) is 0 Å². The molecule has 0 aliphatic heterocycles. The second-order valence-electron chi connectivity index (χ2n) is 6.46. The molecule has 1 aromatic heterocycles. The third-order valence-electron chi connectivity index (χ3n) is 4.26. The van der Waals surface area contributed by atoms with Crippen LogP contribution in [-0.4, -0.2) is 24.9 Å². The van der Waals surface area contributed by atoms with Crippen LogP contribution < -0.4 is 15.4 Å². The summed E-state index contributed by atoms with van der Waals surface area (Å²) in [5.41, 5.74) is -0.178. The second kappa shape index (κ2) is 9.84. The van der Waals surface area contributed by atoms with Crippen LogP contribution in [0.4, 0.5) is 13.2 Å². The largest absolute Gasteiger partial charge is 0.489 e. The zero-order chi connectivity index (χ0) is 22.3. The van der Waals surface area contributed by atoms with E-state index in [1.165, 1.54) is 6.26 Å². The van der Waals surface area contributed by atoms with E-state index in [1.54, 1.807) is 18.2 Å². The summed E-state index contributed by atoms with van der Waals surface area (Å²) < 4.78 is 48.5. The fourth-order valence-electron chi connectivity index (χ4n) is 2.67. The fourth-order valence-corrected chi connectivity index (χ4v) is 2.67. The molecule has 3 rings (SSSR count). The number of amides is 2. The van der Waals surface area contributed by atoms with Gasteiger partial charge in [0.05, 0.1) is 11.8 Å². The Kier molecular flexibility index (Phi) is 6.96. The van der Waals surface area contributed by atoms with Crippen molar-refractivity contribution in [3.8, 4) is 5.75 Å². The van der Waals surface area contributed by atoms with Crippen LogP contribution in [0.25, 0.3) is 0 Å². The normalized spacial score (nSPS) is 11.1. The lowest BCUT2D eigenvalue weighted by Crippen LogP contribution is -2.34. The van der Waals surface area contributed by atoms with E-state index in [0.717, 1.165) is 24.3 Å². The number of hydrogen-bond donors (Lipinski definition) is 2. The Hall–Kier alpha value is -3.75. The van der Waals surface area contributed by atoms with Crippen molar-refractivity contribution in [1.29, 1.82) is 0 Å². The molecular formula is C22H19F3N2O4. The van der Waals surface area contributed by atoms with Crippen LogP contribution in [0.3, 0.4) is 0 Å². The molecule has 1 heterocycles. The molecular weight excluding hydrogens is 413 g/mol. The van der Waals surface area contributed by atoms with E-state index in [4.69, 9.17) is 9.15 Å². The SMILES string of the molecule is O=C(NCCNC(=O)c1occc1COc1ccccc1)c1ccc(C(F)(F)F)cc1. The van der Waals surface area contributed by atoms with Gasteiger partial charge in [0, 0.05) is 24.2 Å². The number of alkyl halides is 3. The van der Waals surface area contributed by atoms with E-state index < -0.39 is 23.6 Å². The summed E-state index contributed by atoms with van der Waals surface area (Å²) in [5, 5.41) is 5.14. The Morgan fingerprint density at radius 2 is 1.52 bits per heavy atom. The van der Waals surface area contributed by atoms with Gasteiger partial charge in [0.2, 0.25) is 0 Å². The van der Waals surface area contributed by atoms with E-state index in [0.29, 0.717) is 11.3 Å². The summed E-state index contributed by atoms with van der Waals surface area (Å²) in [6.07, 6.45) is -3.08. The standard InChI is InChI=1S/C22H19F3N2O4/c23-22(24,25)17-8-6-15(7-9-17)20(28)26-11-12-27-21(29)19-16(10-13-30-19)14-31-18-4-2-1-3-5-18/h1-10,13H,11-12,14H2,(H,26,28)(H,27,29). The van der Waals surface area contributed by atoms with Gasteiger partial charge in [0.1, 0.15) is 12.4 Å². The molecule has 31 heavy (non-hydrogen) atoms. The monoisotopic (exact) mass is 432 g/mol. The highest BCUT2D eigenvalue weighted by Crippen LogP contribution is 2.29. The van der Waals surface area contributed by atoms with Crippen LogP contribution in [0.2, 0.25) is 0 Å². The molecule has 0 aliphatic rings. The molecule has 0 bridgehead atoms. The van der Waals surface area contributed by atoms with Gasteiger partial charge in [0.25, 0.3) is 11.8 Å². The van der Waals surface area contributed by atoms with Gasteiger partial charge in [-0.3, -0.25) is 9.59 Å². The van der Waals surface area contributed by atoms with Crippen molar-refractivity contribution in [2.45, 2.75) is 12.8 Å². The number of nitrogens with one attached hydrogen (secondary N) is 2. The number of halogens is 3. The van der Waals surface area contributed by atoms with Crippen LogP contribution in [0.5, 0.6) is 5.75 Å². The third kappa shape index (κ3) is 6.11. The van der Waals surface area contributed by atoms with Gasteiger partial charge in [-0.2, -0.15) is 13.2 Å². The number of furan rings is 1. The molecule has 0 unspecified atom stereocenters. The van der Waals surface area contributed by atoms with Crippen LogP contribution >= 0.6 is 0 Å². The lowest BCUT2D eigenvalue weighted by molar-refractivity contribution is -0.137. The minimum Gasteiger partial charge on any atom is -0.489 e. The van der Waals surface area contributed by atoms with E-state index >= 15 is 0 Å². The summed E-state index contributed by atoms with van der Waals surface area (Å²) in [4.78, 5) is 24.3. The zero-order valence-corrected chi connectivity index (χ0v) is 16.2. The zero-order valence-electron chi connectivity index (χ0n) is 16.2. The molecule has 2 aromatic carbocycles. The number of carbonyl (C=O) groups is 2. The molecule has 0 saturated heterocycles. The molecule has 9 heteroatoms. The molecule has 0 aliphatic carbocycles. The lowest BCUT2D eigenvalue weighted by atomic mass is 10.1. The Morgan fingerprint density at radius 1 is 0.871 bits per heavy atom. The van der Waals surface area contributed by atoms with Crippen molar-refractivity contribution in [2.75, 3.05) is 13.1 Å². The van der Waals surface area contributed by atoms with Crippen LogP contribution in [0.15, 0.2) is 71.3 Å². The quantitative estimate of drug-likeness (QED) is 0.527. The molecule has 2 amide bonds. The number of ether oxygens (including phenoxy) is 1. The van der Waals surface area contributed by atoms with Gasteiger partial charge in [-0.05, 0) is 42.5 Å². The molecule has 0 fully saturated rings. The Morgan fingerprint density at radius 3 is 2.16 bits per heavy atom. The Bertz CT molecular complexity index is 1020. The second-order valence-corrected chi connectivity index (χ2v) is 6.46. The third-order valence-corrected chi connectivity index (χ3v) is 4.26. The van der Waals surface area contributed by atoms with Crippen molar-refractivity contribution in [3.05, 3.63) is 89.4 Å². The summed E-state index contributed by atoms with van der Waals surface area (Å²) in [6, 6.07) is 14.6. The molecule has 0 atom stereocenters. The average Bonchev–Trinajstić information content (AvgIpc) is 3.24. The summed E-state index contributed by atoms with van der Waals surface area (Å²) in [7, 11) is 0. The molecule has 0 radical (unpaired) electrons. The fraction of sp³-hybridized carbons (Fsp3) is 0.182. The number of carbonyl (C=O) groups excluding carboxylic acids is 2. The maximum absolute atomic E-state index is 12.6. The first-order valence-electron chi connectivity index (χ1n) is 9.32. The summed E-state index contributed by atoms with van der Waals surface area (Å²) in [6.45, 7) is 0.334. The van der Waals surface area contributed by atoms with Gasteiger partial charge >= 0.3 is 6.18 Å². The molecule has 2 N–H and O–H groups in total.